The number of hydrogen-bond donors (Lipinski definition) is 3. The Bertz CT molecular complexity index is 725. The standard InChI is InChI=1S/C18H23N3O5S/c1-3-8-19-17(24)11(2)20-15(22)10-26-16(23)9-14-18(25)21-12-6-4-5-7-13(12)27-14/h4-7,11,14H,3,8-10H2,1-2H3,(H,19,24)(H,20,22)(H,21,25)/t11-,14-/m0/s1. The lowest BCUT2D eigenvalue weighted by Gasteiger charge is -2.23. The smallest absolute Gasteiger partial charge is 0.307 e. The molecule has 2 rings (SSSR count). The molecule has 2 atom stereocenters. The maximum atomic E-state index is 12.1. The normalized spacial score (nSPS) is 16.5. The highest BCUT2D eigenvalue weighted by atomic mass is 32.2. The van der Waals surface area contributed by atoms with E-state index in [0.29, 0.717) is 12.2 Å². The van der Waals surface area contributed by atoms with Gasteiger partial charge in [-0.15, -0.1) is 11.8 Å². The van der Waals surface area contributed by atoms with Gasteiger partial charge in [-0.25, -0.2) is 0 Å². The van der Waals surface area contributed by atoms with Gasteiger partial charge in [0, 0.05) is 11.4 Å². The molecule has 0 bridgehead atoms. The van der Waals surface area contributed by atoms with Gasteiger partial charge in [-0.2, -0.15) is 0 Å². The molecule has 0 aliphatic carbocycles. The molecule has 0 unspecified atom stereocenters. The molecule has 146 valence electrons. The lowest BCUT2D eigenvalue weighted by Crippen LogP contribution is -2.46. The van der Waals surface area contributed by atoms with Crippen LogP contribution in [0.5, 0.6) is 0 Å². The van der Waals surface area contributed by atoms with Crippen molar-refractivity contribution < 1.29 is 23.9 Å². The number of rotatable bonds is 8. The fourth-order valence-electron chi connectivity index (χ4n) is 2.33. The number of anilines is 1. The largest absolute Gasteiger partial charge is 0.456 e. The Morgan fingerprint density at radius 2 is 2.04 bits per heavy atom. The zero-order valence-corrected chi connectivity index (χ0v) is 16.1. The highest BCUT2D eigenvalue weighted by Gasteiger charge is 2.29. The van der Waals surface area contributed by atoms with E-state index in [0.717, 1.165) is 11.3 Å². The van der Waals surface area contributed by atoms with E-state index in [4.69, 9.17) is 4.74 Å². The van der Waals surface area contributed by atoms with Crippen LogP contribution < -0.4 is 16.0 Å². The zero-order chi connectivity index (χ0) is 19.8. The maximum absolute atomic E-state index is 12.1. The molecule has 0 saturated heterocycles. The zero-order valence-electron chi connectivity index (χ0n) is 15.2. The second-order valence-corrected chi connectivity index (χ2v) is 7.28. The molecule has 0 spiro atoms. The molecule has 1 aromatic carbocycles. The van der Waals surface area contributed by atoms with Crippen molar-refractivity contribution in [2.24, 2.45) is 0 Å². The van der Waals surface area contributed by atoms with Crippen molar-refractivity contribution in [1.29, 1.82) is 0 Å². The molecule has 3 N–H and O–H groups in total. The Hall–Kier alpha value is -2.55. The van der Waals surface area contributed by atoms with Gasteiger partial charge < -0.3 is 20.7 Å². The minimum Gasteiger partial charge on any atom is -0.456 e. The lowest BCUT2D eigenvalue weighted by atomic mass is 10.2. The van der Waals surface area contributed by atoms with E-state index in [1.54, 1.807) is 13.0 Å². The first-order valence-electron chi connectivity index (χ1n) is 8.70. The molecule has 9 heteroatoms. The molecule has 1 heterocycles. The number of carbonyl (C=O) groups is 4. The predicted molar refractivity (Wildman–Crippen MR) is 101 cm³/mol. The summed E-state index contributed by atoms with van der Waals surface area (Å²) in [6, 6.07) is 6.59. The van der Waals surface area contributed by atoms with E-state index < -0.39 is 29.8 Å². The number of thioether (sulfide) groups is 1. The van der Waals surface area contributed by atoms with Crippen LogP contribution in [0, 0.1) is 0 Å². The molecule has 8 nitrogen and oxygen atoms in total. The van der Waals surface area contributed by atoms with E-state index in [1.807, 2.05) is 25.1 Å². The average Bonchev–Trinajstić information content (AvgIpc) is 2.65. The number of amides is 3. The molecular formula is C18H23N3O5S. The van der Waals surface area contributed by atoms with Crippen LogP contribution in [-0.4, -0.2) is 48.1 Å². The summed E-state index contributed by atoms with van der Waals surface area (Å²) in [4.78, 5) is 48.4. The van der Waals surface area contributed by atoms with Crippen LogP contribution in [0.15, 0.2) is 29.2 Å². The van der Waals surface area contributed by atoms with Gasteiger partial charge in [0.1, 0.15) is 6.04 Å². The van der Waals surface area contributed by atoms with Gasteiger partial charge in [-0.05, 0) is 25.5 Å². The van der Waals surface area contributed by atoms with Gasteiger partial charge in [0.15, 0.2) is 6.61 Å². The van der Waals surface area contributed by atoms with Crippen molar-refractivity contribution in [3.63, 3.8) is 0 Å². The summed E-state index contributed by atoms with van der Waals surface area (Å²) >= 11 is 1.28. The van der Waals surface area contributed by atoms with Crippen LogP contribution in [0.4, 0.5) is 5.69 Å². The third kappa shape index (κ3) is 6.28. The first-order chi connectivity index (χ1) is 12.9. The van der Waals surface area contributed by atoms with E-state index >= 15 is 0 Å². The molecule has 0 fully saturated rings. The van der Waals surface area contributed by atoms with Crippen LogP contribution in [0.1, 0.15) is 26.7 Å². The van der Waals surface area contributed by atoms with Crippen LogP contribution in [0.2, 0.25) is 0 Å². The molecular weight excluding hydrogens is 370 g/mol. The fourth-order valence-corrected chi connectivity index (χ4v) is 3.43. The number of nitrogens with one attached hydrogen (secondary N) is 3. The van der Waals surface area contributed by atoms with E-state index in [1.165, 1.54) is 11.8 Å². The number of para-hydroxylation sites is 1. The van der Waals surface area contributed by atoms with Gasteiger partial charge in [-0.1, -0.05) is 19.1 Å². The Balaban J connectivity index is 1.75. The minimum absolute atomic E-state index is 0.148. The summed E-state index contributed by atoms with van der Waals surface area (Å²) in [7, 11) is 0. The Morgan fingerprint density at radius 1 is 1.30 bits per heavy atom. The van der Waals surface area contributed by atoms with Crippen LogP contribution >= 0.6 is 11.8 Å². The van der Waals surface area contributed by atoms with Gasteiger partial charge in [0.2, 0.25) is 11.8 Å². The van der Waals surface area contributed by atoms with Gasteiger partial charge >= 0.3 is 5.97 Å². The number of esters is 1. The number of hydrogen-bond acceptors (Lipinski definition) is 6. The number of fused-ring (bicyclic) bond motifs is 1. The monoisotopic (exact) mass is 393 g/mol. The summed E-state index contributed by atoms with van der Waals surface area (Å²) in [5.41, 5.74) is 0.715. The van der Waals surface area contributed by atoms with Crippen molar-refractivity contribution in [3.05, 3.63) is 24.3 Å². The Labute approximate surface area is 161 Å². The van der Waals surface area contributed by atoms with Crippen LogP contribution in [0.25, 0.3) is 0 Å². The molecule has 27 heavy (non-hydrogen) atoms. The van der Waals surface area contributed by atoms with Crippen molar-refractivity contribution in [3.8, 4) is 0 Å². The summed E-state index contributed by atoms with van der Waals surface area (Å²) in [6.07, 6.45) is 0.645. The molecule has 3 amide bonds. The van der Waals surface area contributed by atoms with Gasteiger partial charge in [0.25, 0.3) is 5.91 Å². The van der Waals surface area contributed by atoms with Gasteiger partial charge in [-0.3, -0.25) is 19.2 Å². The molecule has 0 radical (unpaired) electrons. The van der Waals surface area contributed by atoms with Crippen molar-refractivity contribution in [2.75, 3.05) is 18.5 Å². The van der Waals surface area contributed by atoms with Crippen LogP contribution in [-0.2, 0) is 23.9 Å². The topological polar surface area (TPSA) is 114 Å². The number of carbonyl (C=O) groups excluding carboxylic acids is 4. The summed E-state index contributed by atoms with van der Waals surface area (Å²) < 4.78 is 4.93. The predicted octanol–water partition coefficient (Wildman–Crippen LogP) is 1.06. The Kier molecular flexibility index (Phi) is 7.66. The lowest BCUT2D eigenvalue weighted by molar-refractivity contribution is -0.149. The summed E-state index contributed by atoms with van der Waals surface area (Å²) in [5.74, 6) is -1.80. The Morgan fingerprint density at radius 3 is 2.78 bits per heavy atom. The van der Waals surface area contributed by atoms with Crippen molar-refractivity contribution in [2.45, 2.75) is 42.9 Å². The van der Waals surface area contributed by atoms with Crippen LogP contribution in [0.3, 0.4) is 0 Å². The average molecular weight is 393 g/mol. The second kappa shape index (κ2) is 9.96. The molecule has 1 aliphatic rings. The minimum atomic E-state index is -0.723. The first-order valence-corrected chi connectivity index (χ1v) is 9.58. The quantitative estimate of drug-likeness (QED) is 0.569. The van der Waals surface area contributed by atoms with E-state index in [-0.39, 0.29) is 18.2 Å². The van der Waals surface area contributed by atoms with E-state index in [2.05, 4.69) is 16.0 Å². The highest BCUT2D eigenvalue weighted by molar-refractivity contribution is 8.01. The summed E-state index contributed by atoms with van der Waals surface area (Å²) in [6.45, 7) is 3.50. The highest BCUT2D eigenvalue weighted by Crippen LogP contribution is 2.36. The van der Waals surface area contributed by atoms with E-state index in [9.17, 15) is 19.2 Å². The fraction of sp³-hybridized carbons (Fsp3) is 0.444. The third-order valence-electron chi connectivity index (χ3n) is 3.74. The number of ether oxygens (including phenoxy) is 1. The number of benzene rings is 1. The molecule has 1 aliphatic heterocycles. The molecule has 0 saturated carbocycles. The third-order valence-corrected chi connectivity index (χ3v) is 5.02. The summed E-state index contributed by atoms with van der Waals surface area (Å²) in [5, 5.41) is 7.25. The van der Waals surface area contributed by atoms with Crippen molar-refractivity contribution >= 4 is 41.1 Å². The second-order valence-electron chi connectivity index (χ2n) is 6.04. The first kappa shape index (κ1) is 20.8. The molecule has 1 aromatic rings. The van der Waals surface area contributed by atoms with Gasteiger partial charge in [0.05, 0.1) is 17.4 Å². The maximum Gasteiger partial charge on any atom is 0.307 e. The molecule has 0 aromatic heterocycles. The SMILES string of the molecule is CCCNC(=O)[C@H](C)NC(=O)COC(=O)C[C@@H]1Sc2ccccc2NC1=O. The van der Waals surface area contributed by atoms with Crippen molar-refractivity contribution in [1.82, 2.24) is 10.6 Å².